The number of benzene rings is 1. The number of rotatable bonds is 4. The molecule has 0 radical (unpaired) electrons. The van der Waals surface area contributed by atoms with Crippen LogP contribution in [0.15, 0.2) is 48.1 Å². The van der Waals surface area contributed by atoms with E-state index in [0.717, 1.165) is 12.0 Å². The summed E-state index contributed by atoms with van der Waals surface area (Å²) >= 11 is 0. The van der Waals surface area contributed by atoms with Crippen molar-refractivity contribution in [3.8, 4) is 0 Å². The Balaban J connectivity index is 2.61. The van der Waals surface area contributed by atoms with Crippen molar-refractivity contribution in [1.82, 2.24) is 0 Å². The van der Waals surface area contributed by atoms with Crippen LogP contribution in [0.1, 0.15) is 18.9 Å². The van der Waals surface area contributed by atoms with Crippen LogP contribution in [0.5, 0.6) is 0 Å². The largest absolute Gasteiger partial charge is 0.392 e. The average molecular weight is 188 g/mol. The number of aliphatic hydroxyl groups excluding tert-OH is 1. The molecule has 14 heavy (non-hydrogen) atoms. The summed E-state index contributed by atoms with van der Waals surface area (Å²) in [6, 6.07) is 10.1. The van der Waals surface area contributed by atoms with Crippen molar-refractivity contribution in [3.05, 3.63) is 53.6 Å². The third-order valence-electron chi connectivity index (χ3n) is 2.08. The Morgan fingerprint density at radius 1 is 1.29 bits per heavy atom. The summed E-state index contributed by atoms with van der Waals surface area (Å²) in [6.07, 6.45) is 6.87. The summed E-state index contributed by atoms with van der Waals surface area (Å²) in [7, 11) is 0. The summed E-state index contributed by atoms with van der Waals surface area (Å²) in [6.45, 7) is 2.19. The number of aliphatic hydroxyl groups is 1. The molecular weight excluding hydrogens is 172 g/mol. The van der Waals surface area contributed by atoms with E-state index in [2.05, 4.69) is 12.1 Å². The van der Waals surface area contributed by atoms with Crippen molar-refractivity contribution in [2.45, 2.75) is 13.3 Å². The minimum absolute atomic E-state index is 0.148. The van der Waals surface area contributed by atoms with E-state index < -0.39 is 0 Å². The van der Waals surface area contributed by atoms with Gasteiger partial charge in [0, 0.05) is 0 Å². The van der Waals surface area contributed by atoms with E-state index in [1.54, 1.807) is 0 Å². The molecule has 0 spiro atoms. The fourth-order valence-corrected chi connectivity index (χ4v) is 1.14. The maximum absolute atomic E-state index is 8.92. The molecule has 0 aliphatic heterocycles. The number of allylic oxidation sites excluding steroid dienone is 2. The average Bonchev–Trinajstić information content (AvgIpc) is 2.26. The second-order valence-electron chi connectivity index (χ2n) is 3.11. The quantitative estimate of drug-likeness (QED) is 0.720. The Morgan fingerprint density at radius 2 is 2.00 bits per heavy atom. The highest BCUT2D eigenvalue weighted by Crippen LogP contribution is 2.03. The van der Waals surface area contributed by atoms with Gasteiger partial charge in [-0.1, -0.05) is 55.5 Å². The van der Waals surface area contributed by atoms with Crippen LogP contribution in [0.4, 0.5) is 0 Å². The fraction of sp³-hybridized carbons (Fsp3) is 0.231. The van der Waals surface area contributed by atoms with E-state index in [9.17, 15) is 0 Å². The second-order valence-corrected chi connectivity index (χ2v) is 3.11. The molecule has 1 aromatic rings. The van der Waals surface area contributed by atoms with Gasteiger partial charge in [0.2, 0.25) is 0 Å². The highest BCUT2D eigenvalue weighted by molar-refractivity contribution is 5.50. The molecule has 1 nitrogen and oxygen atoms in total. The Labute approximate surface area is 85.4 Å². The van der Waals surface area contributed by atoms with E-state index in [0.29, 0.717) is 0 Å². The molecular formula is C13H16O. The minimum atomic E-state index is 0.148. The molecule has 0 aliphatic rings. The Bertz CT molecular complexity index is 303. The van der Waals surface area contributed by atoms with E-state index >= 15 is 0 Å². The predicted octanol–water partition coefficient (Wildman–Crippen LogP) is 3.03. The zero-order valence-corrected chi connectivity index (χ0v) is 8.48. The zero-order valence-electron chi connectivity index (χ0n) is 8.48. The van der Waals surface area contributed by atoms with Gasteiger partial charge in [-0.25, -0.2) is 0 Å². The molecule has 0 aromatic heterocycles. The first-order chi connectivity index (χ1) is 6.86. The molecule has 1 aromatic carbocycles. The monoisotopic (exact) mass is 188 g/mol. The maximum Gasteiger partial charge on any atom is 0.0644 e. The molecule has 0 amide bonds. The molecule has 1 heteroatoms. The fourth-order valence-electron chi connectivity index (χ4n) is 1.14. The standard InChI is InChI=1S/C13H16O/c1-2-12(11-14)9-6-10-13-7-4-3-5-8-13/h3-10,14H,2,11H2,1H3. The van der Waals surface area contributed by atoms with Crippen molar-refractivity contribution >= 4 is 6.08 Å². The molecule has 0 heterocycles. The van der Waals surface area contributed by atoms with Gasteiger partial charge in [-0.2, -0.15) is 0 Å². The normalized spacial score (nSPS) is 12.3. The molecule has 74 valence electrons. The first-order valence-corrected chi connectivity index (χ1v) is 4.89. The smallest absolute Gasteiger partial charge is 0.0644 e. The first-order valence-electron chi connectivity index (χ1n) is 4.89. The Morgan fingerprint density at radius 3 is 2.57 bits per heavy atom. The summed E-state index contributed by atoms with van der Waals surface area (Å²) < 4.78 is 0. The van der Waals surface area contributed by atoms with Crippen LogP contribution in [-0.2, 0) is 0 Å². The molecule has 0 bridgehead atoms. The van der Waals surface area contributed by atoms with Crippen LogP contribution in [-0.4, -0.2) is 11.7 Å². The highest BCUT2D eigenvalue weighted by Gasteiger charge is 1.87. The van der Waals surface area contributed by atoms with Gasteiger partial charge in [0.05, 0.1) is 6.61 Å². The summed E-state index contributed by atoms with van der Waals surface area (Å²) in [5.41, 5.74) is 2.23. The summed E-state index contributed by atoms with van der Waals surface area (Å²) in [4.78, 5) is 0. The van der Waals surface area contributed by atoms with Gasteiger partial charge in [-0.15, -0.1) is 0 Å². The summed E-state index contributed by atoms with van der Waals surface area (Å²) in [5, 5.41) is 8.92. The first kappa shape index (κ1) is 10.7. The topological polar surface area (TPSA) is 20.2 Å². The van der Waals surface area contributed by atoms with Crippen molar-refractivity contribution in [2.75, 3.05) is 6.61 Å². The number of hydrogen-bond donors (Lipinski definition) is 1. The van der Waals surface area contributed by atoms with Gasteiger partial charge < -0.3 is 5.11 Å². The molecule has 0 atom stereocenters. The third kappa shape index (κ3) is 3.58. The molecule has 0 aliphatic carbocycles. The van der Waals surface area contributed by atoms with E-state index in [1.807, 2.05) is 43.4 Å². The van der Waals surface area contributed by atoms with Crippen LogP contribution in [0.25, 0.3) is 6.08 Å². The van der Waals surface area contributed by atoms with E-state index in [4.69, 9.17) is 5.11 Å². The lowest BCUT2D eigenvalue weighted by atomic mass is 10.1. The summed E-state index contributed by atoms with van der Waals surface area (Å²) in [5.74, 6) is 0. The zero-order chi connectivity index (χ0) is 10.2. The third-order valence-corrected chi connectivity index (χ3v) is 2.08. The molecule has 0 saturated heterocycles. The van der Waals surface area contributed by atoms with Crippen LogP contribution >= 0.6 is 0 Å². The van der Waals surface area contributed by atoms with Gasteiger partial charge >= 0.3 is 0 Å². The van der Waals surface area contributed by atoms with Gasteiger partial charge in [0.1, 0.15) is 0 Å². The van der Waals surface area contributed by atoms with Crippen LogP contribution in [0, 0.1) is 0 Å². The van der Waals surface area contributed by atoms with Crippen molar-refractivity contribution in [3.63, 3.8) is 0 Å². The molecule has 1 N–H and O–H groups in total. The minimum Gasteiger partial charge on any atom is -0.392 e. The van der Waals surface area contributed by atoms with Gasteiger partial charge in [-0.3, -0.25) is 0 Å². The van der Waals surface area contributed by atoms with Crippen LogP contribution in [0.2, 0.25) is 0 Å². The second kappa shape index (κ2) is 6.17. The lowest BCUT2D eigenvalue weighted by Crippen LogP contribution is -1.86. The molecule has 0 unspecified atom stereocenters. The lowest BCUT2D eigenvalue weighted by Gasteiger charge is -1.95. The Hall–Kier alpha value is -1.34. The van der Waals surface area contributed by atoms with Gasteiger partial charge in [0.25, 0.3) is 0 Å². The predicted molar refractivity (Wildman–Crippen MR) is 60.9 cm³/mol. The molecule has 0 saturated carbocycles. The van der Waals surface area contributed by atoms with Gasteiger partial charge in [-0.05, 0) is 17.6 Å². The van der Waals surface area contributed by atoms with Crippen molar-refractivity contribution in [1.29, 1.82) is 0 Å². The van der Waals surface area contributed by atoms with Crippen molar-refractivity contribution < 1.29 is 5.11 Å². The maximum atomic E-state index is 8.92. The number of hydrogen-bond acceptors (Lipinski definition) is 1. The highest BCUT2D eigenvalue weighted by atomic mass is 16.3. The lowest BCUT2D eigenvalue weighted by molar-refractivity contribution is 0.328. The van der Waals surface area contributed by atoms with Crippen molar-refractivity contribution in [2.24, 2.45) is 0 Å². The van der Waals surface area contributed by atoms with E-state index in [-0.39, 0.29) is 6.61 Å². The Kier molecular flexibility index (Phi) is 4.73. The van der Waals surface area contributed by atoms with Gasteiger partial charge in [0.15, 0.2) is 0 Å². The molecule has 0 fully saturated rings. The van der Waals surface area contributed by atoms with E-state index in [1.165, 1.54) is 5.56 Å². The SMILES string of the molecule is CCC(=CC=Cc1ccccc1)CO. The van der Waals surface area contributed by atoms with Crippen LogP contribution < -0.4 is 0 Å². The molecule has 1 rings (SSSR count). The van der Waals surface area contributed by atoms with Crippen LogP contribution in [0.3, 0.4) is 0 Å².